The molecule has 0 saturated carbocycles. The minimum absolute atomic E-state index is 0.00869. The van der Waals surface area contributed by atoms with Crippen LogP contribution in [0.1, 0.15) is 51.7 Å². The number of carbonyl (C=O) groups is 2. The van der Waals surface area contributed by atoms with Crippen molar-refractivity contribution in [2.45, 2.75) is 47.0 Å². The van der Waals surface area contributed by atoms with Crippen molar-refractivity contribution in [2.24, 2.45) is 0 Å². The second-order valence-corrected chi connectivity index (χ2v) is 7.91. The molecule has 0 saturated heterocycles. The Hall–Kier alpha value is -3.48. The van der Waals surface area contributed by atoms with E-state index in [0.29, 0.717) is 37.7 Å². The molecule has 2 aromatic carbocycles. The van der Waals surface area contributed by atoms with E-state index in [1.54, 1.807) is 24.9 Å². The van der Waals surface area contributed by atoms with Gasteiger partial charge in [-0.05, 0) is 61.7 Å². The third-order valence-corrected chi connectivity index (χ3v) is 5.24. The Morgan fingerprint density at radius 3 is 2.20 bits per heavy atom. The number of benzene rings is 2. The lowest BCUT2D eigenvalue weighted by Crippen LogP contribution is -2.22. The average Bonchev–Trinajstić information content (AvgIpc) is 2.85. The first-order chi connectivity index (χ1) is 16.9. The molecule has 2 aromatic rings. The number of unbranched alkanes of at least 4 members (excludes halogenated alkanes) is 1. The Balaban J connectivity index is 2.13. The van der Waals surface area contributed by atoms with Crippen LogP contribution in [0.5, 0.6) is 11.5 Å². The van der Waals surface area contributed by atoms with Gasteiger partial charge in [0.1, 0.15) is 0 Å². The summed E-state index contributed by atoms with van der Waals surface area (Å²) < 4.78 is 22.6. The average molecular weight is 484 g/mol. The highest BCUT2D eigenvalue weighted by atomic mass is 16.6. The first kappa shape index (κ1) is 27.8. The lowest BCUT2D eigenvalue weighted by molar-refractivity contribution is -0.142. The first-order valence-corrected chi connectivity index (χ1v) is 12.1. The molecule has 190 valence electrons. The number of anilines is 1. The smallest absolute Gasteiger partial charge is 0.373 e. The van der Waals surface area contributed by atoms with E-state index in [0.717, 1.165) is 29.7 Å². The molecule has 35 heavy (non-hydrogen) atoms. The molecule has 0 atom stereocenters. The van der Waals surface area contributed by atoms with Gasteiger partial charge in [0.2, 0.25) is 11.7 Å². The summed E-state index contributed by atoms with van der Waals surface area (Å²) in [7, 11) is 1.75. The van der Waals surface area contributed by atoms with Gasteiger partial charge in [-0.2, -0.15) is 0 Å². The van der Waals surface area contributed by atoms with Crippen molar-refractivity contribution in [3.05, 3.63) is 59.4 Å². The SMILES string of the molecule is CCCCOc1cc(/C=C(\OCC)C(=O)OCC)ccc1OCCc1ccc(N(C)C(C)=O)cc1. The monoisotopic (exact) mass is 483 g/mol. The molecule has 0 radical (unpaired) electrons. The summed E-state index contributed by atoms with van der Waals surface area (Å²) in [5, 5.41) is 0. The van der Waals surface area contributed by atoms with Gasteiger partial charge in [-0.3, -0.25) is 4.79 Å². The number of amides is 1. The molecule has 0 N–H and O–H groups in total. The lowest BCUT2D eigenvalue weighted by Gasteiger charge is -2.16. The van der Waals surface area contributed by atoms with Gasteiger partial charge in [0, 0.05) is 26.1 Å². The molecule has 0 spiro atoms. The van der Waals surface area contributed by atoms with Crippen molar-refractivity contribution >= 4 is 23.6 Å². The van der Waals surface area contributed by atoms with Gasteiger partial charge in [-0.15, -0.1) is 0 Å². The summed E-state index contributed by atoms with van der Waals surface area (Å²) >= 11 is 0. The Kier molecular flexibility index (Phi) is 11.7. The van der Waals surface area contributed by atoms with Crippen molar-refractivity contribution in [3.63, 3.8) is 0 Å². The summed E-state index contributed by atoms with van der Waals surface area (Å²) in [5.74, 6) is 0.904. The van der Waals surface area contributed by atoms with Crippen LogP contribution in [0.15, 0.2) is 48.2 Å². The van der Waals surface area contributed by atoms with Gasteiger partial charge < -0.3 is 23.8 Å². The van der Waals surface area contributed by atoms with E-state index < -0.39 is 5.97 Å². The molecular formula is C28H37NO6. The van der Waals surface area contributed by atoms with Crippen molar-refractivity contribution in [3.8, 4) is 11.5 Å². The fourth-order valence-corrected chi connectivity index (χ4v) is 3.19. The summed E-state index contributed by atoms with van der Waals surface area (Å²) in [4.78, 5) is 25.3. The highest BCUT2D eigenvalue weighted by molar-refractivity contribution is 5.91. The molecule has 7 nitrogen and oxygen atoms in total. The molecule has 0 aliphatic heterocycles. The van der Waals surface area contributed by atoms with Gasteiger partial charge in [-0.25, -0.2) is 4.79 Å². The Bertz CT molecular complexity index is 983. The number of nitrogens with zero attached hydrogens (tertiary/aromatic N) is 1. The number of hydrogen-bond acceptors (Lipinski definition) is 6. The van der Waals surface area contributed by atoms with Crippen LogP contribution >= 0.6 is 0 Å². The van der Waals surface area contributed by atoms with Crippen LogP contribution in [0.2, 0.25) is 0 Å². The topological polar surface area (TPSA) is 74.3 Å². The second kappa shape index (κ2) is 14.7. The first-order valence-electron chi connectivity index (χ1n) is 12.1. The quantitative estimate of drug-likeness (QED) is 0.155. The lowest BCUT2D eigenvalue weighted by atomic mass is 10.1. The largest absolute Gasteiger partial charge is 0.490 e. The summed E-state index contributed by atoms with van der Waals surface area (Å²) in [6.07, 6.45) is 4.30. The van der Waals surface area contributed by atoms with E-state index in [1.807, 2.05) is 49.4 Å². The molecule has 0 fully saturated rings. The molecule has 2 rings (SSSR count). The van der Waals surface area contributed by atoms with Crippen LogP contribution in [-0.4, -0.2) is 45.4 Å². The van der Waals surface area contributed by atoms with E-state index >= 15 is 0 Å². The van der Waals surface area contributed by atoms with Crippen molar-refractivity contribution in [1.82, 2.24) is 0 Å². The number of ether oxygens (including phenoxy) is 4. The van der Waals surface area contributed by atoms with Gasteiger partial charge in [0.05, 0.1) is 26.4 Å². The molecule has 7 heteroatoms. The minimum atomic E-state index is -0.497. The van der Waals surface area contributed by atoms with Crippen LogP contribution in [0.3, 0.4) is 0 Å². The number of esters is 1. The Morgan fingerprint density at radius 2 is 1.57 bits per heavy atom. The predicted molar refractivity (Wildman–Crippen MR) is 138 cm³/mol. The molecular weight excluding hydrogens is 446 g/mol. The van der Waals surface area contributed by atoms with Crippen molar-refractivity contribution in [1.29, 1.82) is 0 Å². The normalized spacial score (nSPS) is 11.1. The van der Waals surface area contributed by atoms with Gasteiger partial charge in [0.25, 0.3) is 0 Å². The van der Waals surface area contributed by atoms with E-state index in [2.05, 4.69) is 6.92 Å². The summed E-state index contributed by atoms with van der Waals surface area (Å²) in [6, 6.07) is 13.4. The maximum atomic E-state index is 12.2. The van der Waals surface area contributed by atoms with Gasteiger partial charge in [0.15, 0.2) is 11.5 Å². The maximum Gasteiger partial charge on any atom is 0.373 e. The Labute approximate surface area is 208 Å². The maximum absolute atomic E-state index is 12.2. The zero-order valence-corrected chi connectivity index (χ0v) is 21.5. The van der Waals surface area contributed by atoms with Gasteiger partial charge >= 0.3 is 5.97 Å². The van der Waals surface area contributed by atoms with Crippen LogP contribution in [0.25, 0.3) is 6.08 Å². The fraction of sp³-hybridized carbons (Fsp3) is 0.429. The van der Waals surface area contributed by atoms with E-state index in [9.17, 15) is 9.59 Å². The minimum Gasteiger partial charge on any atom is -0.490 e. The Morgan fingerprint density at radius 1 is 0.886 bits per heavy atom. The number of rotatable bonds is 14. The molecule has 0 bridgehead atoms. The van der Waals surface area contributed by atoms with Crippen LogP contribution in [0.4, 0.5) is 5.69 Å². The zero-order chi connectivity index (χ0) is 25.6. The van der Waals surface area contributed by atoms with E-state index in [1.165, 1.54) is 6.92 Å². The molecule has 1 amide bonds. The number of carbonyl (C=O) groups excluding carboxylic acids is 2. The van der Waals surface area contributed by atoms with Crippen molar-refractivity contribution in [2.75, 3.05) is 38.4 Å². The van der Waals surface area contributed by atoms with Crippen LogP contribution < -0.4 is 14.4 Å². The highest BCUT2D eigenvalue weighted by Crippen LogP contribution is 2.30. The van der Waals surface area contributed by atoms with E-state index in [-0.39, 0.29) is 18.3 Å². The second-order valence-electron chi connectivity index (χ2n) is 7.91. The summed E-state index contributed by atoms with van der Waals surface area (Å²) in [6.45, 7) is 8.89. The zero-order valence-electron chi connectivity index (χ0n) is 21.5. The molecule has 0 aromatic heterocycles. The standard InChI is InChI=1S/C28H37NO6/c1-6-9-17-34-26-19-23(20-27(32-7-2)28(31)33-8-3)12-15-25(26)35-18-16-22-10-13-24(14-11-22)29(5)21(4)30/h10-15,19-20H,6-9,16-18H2,1-5H3/b27-20-. The van der Waals surface area contributed by atoms with Crippen LogP contribution in [0, 0.1) is 0 Å². The van der Waals surface area contributed by atoms with Crippen LogP contribution in [-0.2, 0) is 25.5 Å². The van der Waals surface area contributed by atoms with E-state index in [4.69, 9.17) is 18.9 Å². The fourth-order valence-electron chi connectivity index (χ4n) is 3.19. The third-order valence-electron chi connectivity index (χ3n) is 5.24. The third kappa shape index (κ3) is 9.00. The molecule has 0 unspecified atom stereocenters. The predicted octanol–water partition coefficient (Wildman–Crippen LogP) is 5.41. The molecule has 0 aliphatic carbocycles. The molecule has 0 heterocycles. The summed E-state index contributed by atoms with van der Waals surface area (Å²) in [5.41, 5.74) is 2.71. The van der Waals surface area contributed by atoms with Crippen molar-refractivity contribution < 1.29 is 28.5 Å². The van der Waals surface area contributed by atoms with Gasteiger partial charge in [-0.1, -0.05) is 31.5 Å². The molecule has 0 aliphatic rings. The highest BCUT2D eigenvalue weighted by Gasteiger charge is 2.14. The number of hydrogen-bond donors (Lipinski definition) is 0.